The smallest absolute Gasteiger partial charge is 0.143 e. The van der Waals surface area contributed by atoms with Crippen molar-refractivity contribution in [2.45, 2.75) is 24.9 Å². The van der Waals surface area contributed by atoms with Crippen LogP contribution in [0.5, 0.6) is 0 Å². The van der Waals surface area contributed by atoms with Gasteiger partial charge in [0.25, 0.3) is 0 Å². The van der Waals surface area contributed by atoms with Crippen LogP contribution in [-0.2, 0) is 10.3 Å². The molecule has 0 bridgehead atoms. The highest BCUT2D eigenvalue weighted by molar-refractivity contribution is 5.54. The van der Waals surface area contributed by atoms with Gasteiger partial charge >= 0.3 is 0 Å². The number of nitrogens with zero attached hydrogens (tertiary/aromatic N) is 1. The standard InChI is InChI=1S/C26H31NO2/c1-27(2)25-18-12-17-24(21-25)26(22-13-6-3-7-14-22,23-15-8-4-9-16-23)29-20-11-5-10-19-28/h3-4,6-9,12-18,21,28H,5,10-11,19-20H2,1-2H3. The number of ether oxygens (including phenoxy) is 1. The SMILES string of the molecule is CN(C)c1cccc(C(OCCCCCO)(c2ccccc2)c2ccccc2)c1. The van der Waals surface area contributed by atoms with E-state index in [0.29, 0.717) is 6.61 Å². The molecule has 3 rings (SSSR count). The van der Waals surface area contributed by atoms with Gasteiger partial charge in [0.1, 0.15) is 5.60 Å². The summed E-state index contributed by atoms with van der Waals surface area (Å²) in [6.07, 6.45) is 2.67. The second kappa shape index (κ2) is 10.2. The largest absolute Gasteiger partial charge is 0.396 e. The van der Waals surface area contributed by atoms with E-state index in [1.165, 1.54) is 0 Å². The molecule has 0 spiro atoms. The Balaban J connectivity index is 2.13. The van der Waals surface area contributed by atoms with Crippen molar-refractivity contribution in [1.29, 1.82) is 0 Å². The number of rotatable bonds is 10. The van der Waals surface area contributed by atoms with Crippen LogP contribution in [0, 0.1) is 0 Å². The monoisotopic (exact) mass is 389 g/mol. The molecule has 0 heterocycles. The van der Waals surface area contributed by atoms with Crippen molar-refractivity contribution >= 4 is 5.69 Å². The van der Waals surface area contributed by atoms with Crippen LogP contribution >= 0.6 is 0 Å². The fraction of sp³-hybridized carbons (Fsp3) is 0.308. The Morgan fingerprint density at radius 1 is 0.724 bits per heavy atom. The maximum absolute atomic E-state index is 9.10. The van der Waals surface area contributed by atoms with E-state index in [-0.39, 0.29) is 6.61 Å². The molecule has 29 heavy (non-hydrogen) atoms. The third kappa shape index (κ3) is 4.87. The predicted molar refractivity (Wildman–Crippen MR) is 120 cm³/mol. The Hall–Kier alpha value is -2.62. The average Bonchev–Trinajstić information content (AvgIpc) is 2.78. The van der Waals surface area contributed by atoms with Gasteiger partial charge < -0.3 is 14.7 Å². The van der Waals surface area contributed by atoms with Crippen molar-refractivity contribution < 1.29 is 9.84 Å². The van der Waals surface area contributed by atoms with E-state index in [9.17, 15) is 0 Å². The molecule has 0 unspecified atom stereocenters. The molecule has 3 aromatic rings. The molecule has 0 amide bonds. The normalized spacial score (nSPS) is 11.4. The van der Waals surface area contributed by atoms with Crippen molar-refractivity contribution in [1.82, 2.24) is 0 Å². The Morgan fingerprint density at radius 2 is 1.31 bits per heavy atom. The average molecular weight is 390 g/mol. The molecule has 1 N–H and O–H groups in total. The quantitative estimate of drug-likeness (QED) is 0.381. The maximum Gasteiger partial charge on any atom is 0.143 e. The van der Waals surface area contributed by atoms with Gasteiger partial charge in [0.15, 0.2) is 0 Å². The molecular formula is C26H31NO2. The van der Waals surface area contributed by atoms with Gasteiger partial charge in [0.2, 0.25) is 0 Å². The van der Waals surface area contributed by atoms with E-state index in [2.05, 4.69) is 91.8 Å². The number of aliphatic hydroxyl groups is 1. The molecular weight excluding hydrogens is 358 g/mol. The van der Waals surface area contributed by atoms with Crippen LogP contribution < -0.4 is 4.90 Å². The van der Waals surface area contributed by atoms with Gasteiger partial charge in [-0.15, -0.1) is 0 Å². The van der Waals surface area contributed by atoms with E-state index < -0.39 is 5.60 Å². The molecule has 0 saturated heterocycles. The zero-order valence-electron chi connectivity index (χ0n) is 17.4. The second-order valence-corrected chi connectivity index (χ2v) is 7.49. The summed E-state index contributed by atoms with van der Waals surface area (Å²) in [5.41, 5.74) is 3.80. The van der Waals surface area contributed by atoms with Crippen LogP contribution in [0.1, 0.15) is 36.0 Å². The molecule has 0 aromatic heterocycles. The fourth-order valence-corrected chi connectivity index (χ4v) is 3.71. The minimum atomic E-state index is -0.687. The third-order valence-corrected chi connectivity index (χ3v) is 5.25. The summed E-state index contributed by atoms with van der Waals surface area (Å²) in [4.78, 5) is 2.12. The van der Waals surface area contributed by atoms with E-state index in [4.69, 9.17) is 9.84 Å². The van der Waals surface area contributed by atoms with Gasteiger partial charge in [-0.2, -0.15) is 0 Å². The van der Waals surface area contributed by atoms with E-state index in [1.54, 1.807) is 0 Å². The summed E-state index contributed by atoms with van der Waals surface area (Å²) in [6, 6.07) is 29.5. The van der Waals surface area contributed by atoms with E-state index in [0.717, 1.165) is 41.6 Å². The van der Waals surface area contributed by atoms with Gasteiger partial charge in [-0.25, -0.2) is 0 Å². The first-order chi connectivity index (χ1) is 14.2. The Kier molecular flexibility index (Phi) is 7.45. The molecule has 0 fully saturated rings. The fourth-order valence-electron chi connectivity index (χ4n) is 3.71. The molecule has 0 radical (unpaired) electrons. The summed E-state index contributed by atoms with van der Waals surface area (Å²) >= 11 is 0. The minimum absolute atomic E-state index is 0.230. The highest BCUT2D eigenvalue weighted by Crippen LogP contribution is 2.41. The highest BCUT2D eigenvalue weighted by atomic mass is 16.5. The highest BCUT2D eigenvalue weighted by Gasteiger charge is 2.37. The van der Waals surface area contributed by atoms with Crippen molar-refractivity contribution in [2.75, 3.05) is 32.2 Å². The van der Waals surface area contributed by atoms with Gasteiger partial charge in [-0.05, 0) is 48.1 Å². The Morgan fingerprint density at radius 3 is 1.86 bits per heavy atom. The first-order valence-electron chi connectivity index (χ1n) is 10.3. The minimum Gasteiger partial charge on any atom is -0.396 e. The van der Waals surface area contributed by atoms with Gasteiger partial charge in [-0.1, -0.05) is 72.8 Å². The third-order valence-electron chi connectivity index (χ3n) is 5.25. The van der Waals surface area contributed by atoms with Crippen LogP contribution in [0.2, 0.25) is 0 Å². The van der Waals surface area contributed by atoms with Crippen LogP contribution in [0.4, 0.5) is 5.69 Å². The number of hydrogen-bond donors (Lipinski definition) is 1. The Bertz CT molecular complexity index is 823. The predicted octanol–water partition coefficient (Wildman–Crippen LogP) is 5.22. The number of anilines is 1. The maximum atomic E-state index is 9.10. The molecule has 0 aliphatic carbocycles. The van der Waals surface area contributed by atoms with Gasteiger partial charge in [0, 0.05) is 33.0 Å². The lowest BCUT2D eigenvalue weighted by Gasteiger charge is -2.36. The van der Waals surface area contributed by atoms with Crippen molar-refractivity contribution in [3.8, 4) is 0 Å². The van der Waals surface area contributed by atoms with Gasteiger partial charge in [-0.3, -0.25) is 0 Å². The van der Waals surface area contributed by atoms with Crippen LogP contribution in [0.3, 0.4) is 0 Å². The molecule has 152 valence electrons. The van der Waals surface area contributed by atoms with E-state index >= 15 is 0 Å². The molecule has 0 aliphatic rings. The molecule has 3 aromatic carbocycles. The lowest BCUT2D eigenvalue weighted by atomic mass is 9.80. The zero-order chi connectivity index (χ0) is 20.5. The van der Waals surface area contributed by atoms with Crippen LogP contribution in [0.15, 0.2) is 84.9 Å². The molecule has 3 nitrogen and oxygen atoms in total. The van der Waals surface area contributed by atoms with Crippen molar-refractivity contribution in [3.05, 3.63) is 102 Å². The van der Waals surface area contributed by atoms with Crippen molar-refractivity contribution in [2.24, 2.45) is 0 Å². The molecule has 0 atom stereocenters. The first-order valence-corrected chi connectivity index (χ1v) is 10.3. The summed E-state index contributed by atoms with van der Waals surface area (Å²) in [7, 11) is 4.11. The molecule has 0 aliphatic heterocycles. The molecule has 3 heteroatoms. The topological polar surface area (TPSA) is 32.7 Å². The van der Waals surface area contributed by atoms with Crippen LogP contribution in [0.25, 0.3) is 0 Å². The summed E-state index contributed by atoms with van der Waals surface area (Å²) in [5.74, 6) is 0. The van der Waals surface area contributed by atoms with Crippen molar-refractivity contribution in [3.63, 3.8) is 0 Å². The molecule has 0 saturated carbocycles. The van der Waals surface area contributed by atoms with Crippen LogP contribution in [-0.4, -0.2) is 32.4 Å². The zero-order valence-corrected chi connectivity index (χ0v) is 17.4. The number of hydrogen-bond acceptors (Lipinski definition) is 3. The number of benzene rings is 3. The number of aliphatic hydroxyl groups excluding tert-OH is 1. The Labute approximate surface area is 174 Å². The summed E-state index contributed by atoms with van der Waals surface area (Å²) in [6.45, 7) is 0.851. The number of unbranched alkanes of at least 4 members (excludes halogenated alkanes) is 2. The summed E-state index contributed by atoms with van der Waals surface area (Å²) < 4.78 is 6.77. The lowest BCUT2D eigenvalue weighted by Crippen LogP contribution is -2.33. The summed E-state index contributed by atoms with van der Waals surface area (Å²) in [5, 5.41) is 9.10. The van der Waals surface area contributed by atoms with E-state index in [1.807, 2.05) is 12.1 Å². The first kappa shape index (κ1) is 21.1. The lowest BCUT2D eigenvalue weighted by molar-refractivity contribution is 0.0103. The van der Waals surface area contributed by atoms with Gasteiger partial charge in [0.05, 0.1) is 0 Å². The second-order valence-electron chi connectivity index (χ2n) is 7.49.